The van der Waals surface area contributed by atoms with Gasteiger partial charge in [-0.15, -0.1) is 0 Å². The van der Waals surface area contributed by atoms with Gasteiger partial charge in [0.15, 0.2) is 0 Å². The number of allylic oxidation sites excluding steroid dienone is 1. The standard InChI is InChI=1S/C9H10.Na.H/c1-2-6-9-7-4-3-5-8-9;;/h2-8H,1H3;;/q;+1;-1/b6-2+;;. The molecule has 1 heteroatoms. The van der Waals surface area contributed by atoms with E-state index in [1.807, 2.05) is 31.2 Å². The summed E-state index contributed by atoms with van der Waals surface area (Å²) in [6.45, 7) is 2.02. The number of benzene rings is 1. The molecule has 0 saturated heterocycles. The van der Waals surface area contributed by atoms with Crippen molar-refractivity contribution in [3.05, 3.63) is 42.0 Å². The third kappa shape index (κ3) is 3.21. The fourth-order valence-corrected chi connectivity index (χ4v) is 0.757. The van der Waals surface area contributed by atoms with Crippen molar-refractivity contribution in [3.63, 3.8) is 0 Å². The Bertz CT molecular complexity index is 194. The molecule has 0 nitrogen and oxygen atoms in total. The average molecular weight is 142 g/mol. The van der Waals surface area contributed by atoms with Crippen LogP contribution >= 0.6 is 0 Å². The van der Waals surface area contributed by atoms with Crippen LogP contribution in [-0.4, -0.2) is 0 Å². The van der Waals surface area contributed by atoms with Crippen LogP contribution in [0.4, 0.5) is 0 Å². The maximum absolute atomic E-state index is 2.08. The van der Waals surface area contributed by atoms with Gasteiger partial charge in [0.2, 0.25) is 0 Å². The van der Waals surface area contributed by atoms with E-state index in [1.54, 1.807) is 0 Å². The number of hydrogen-bond acceptors (Lipinski definition) is 0. The van der Waals surface area contributed by atoms with Crippen molar-refractivity contribution in [1.82, 2.24) is 0 Å². The summed E-state index contributed by atoms with van der Waals surface area (Å²) in [6.07, 6.45) is 4.12. The van der Waals surface area contributed by atoms with E-state index in [4.69, 9.17) is 0 Å². The van der Waals surface area contributed by atoms with Crippen LogP contribution in [0.25, 0.3) is 6.08 Å². The molecule has 1 rings (SSSR count). The van der Waals surface area contributed by atoms with Crippen molar-refractivity contribution in [3.8, 4) is 0 Å². The molecule has 0 heterocycles. The molecule has 0 aliphatic rings. The monoisotopic (exact) mass is 142 g/mol. The zero-order valence-corrected chi connectivity index (χ0v) is 8.54. The van der Waals surface area contributed by atoms with Crippen LogP contribution in [0.5, 0.6) is 0 Å². The molecule has 1 aromatic rings. The van der Waals surface area contributed by atoms with E-state index in [9.17, 15) is 0 Å². The van der Waals surface area contributed by atoms with Crippen molar-refractivity contribution < 1.29 is 31.0 Å². The largest absolute Gasteiger partial charge is 1.00 e. The Hall–Kier alpha value is -0.0400. The van der Waals surface area contributed by atoms with E-state index in [-0.39, 0.29) is 31.0 Å². The third-order valence-electron chi connectivity index (χ3n) is 1.16. The summed E-state index contributed by atoms with van der Waals surface area (Å²) in [6, 6.07) is 10.3. The summed E-state index contributed by atoms with van der Waals surface area (Å²) in [5.74, 6) is 0. The van der Waals surface area contributed by atoms with Crippen molar-refractivity contribution >= 4 is 6.08 Å². The maximum atomic E-state index is 2.08. The molecule has 0 radical (unpaired) electrons. The Kier molecular flexibility index (Phi) is 5.70. The van der Waals surface area contributed by atoms with Crippen molar-refractivity contribution in [2.45, 2.75) is 6.92 Å². The molecule has 0 amide bonds. The summed E-state index contributed by atoms with van der Waals surface area (Å²) in [7, 11) is 0. The van der Waals surface area contributed by atoms with Gasteiger partial charge in [0, 0.05) is 0 Å². The zero-order chi connectivity index (χ0) is 6.53. The maximum Gasteiger partial charge on any atom is 1.00 e. The molecule has 0 fully saturated rings. The van der Waals surface area contributed by atoms with E-state index >= 15 is 0 Å². The molecule has 0 N–H and O–H groups in total. The molecule has 0 spiro atoms. The fraction of sp³-hybridized carbons (Fsp3) is 0.111. The van der Waals surface area contributed by atoms with Crippen LogP contribution in [0.2, 0.25) is 0 Å². The molecule has 48 valence electrons. The second kappa shape index (κ2) is 5.72. The van der Waals surface area contributed by atoms with Crippen LogP contribution in [-0.2, 0) is 0 Å². The molecule has 0 aliphatic carbocycles. The minimum Gasteiger partial charge on any atom is -1.00 e. The Morgan fingerprint density at radius 2 is 1.80 bits per heavy atom. The van der Waals surface area contributed by atoms with Crippen LogP contribution < -0.4 is 29.6 Å². The Labute approximate surface area is 85.7 Å². The van der Waals surface area contributed by atoms with Gasteiger partial charge in [0.1, 0.15) is 0 Å². The molecule has 0 saturated carbocycles. The van der Waals surface area contributed by atoms with E-state index in [1.165, 1.54) is 5.56 Å². The summed E-state index contributed by atoms with van der Waals surface area (Å²) in [4.78, 5) is 0. The first-order valence-electron chi connectivity index (χ1n) is 3.11. The van der Waals surface area contributed by atoms with Gasteiger partial charge in [-0.25, -0.2) is 0 Å². The minimum atomic E-state index is 0. The van der Waals surface area contributed by atoms with Gasteiger partial charge in [-0.2, -0.15) is 0 Å². The summed E-state index contributed by atoms with van der Waals surface area (Å²) < 4.78 is 0. The van der Waals surface area contributed by atoms with Crippen molar-refractivity contribution in [2.24, 2.45) is 0 Å². The second-order valence-corrected chi connectivity index (χ2v) is 1.91. The Morgan fingerprint density at radius 3 is 2.30 bits per heavy atom. The van der Waals surface area contributed by atoms with Crippen molar-refractivity contribution in [1.29, 1.82) is 0 Å². The molecule has 0 atom stereocenters. The molecular formula is C9H11Na. The average Bonchev–Trinajstić information content (AvgIpc) is 1.91. The normalized spacial score (nSPS) is 9.30. The van der Waals surface area contributed by atoms with Crippen molar-refractivity contribution in [2.75, 3.05) is 0 Å². The molecule has 0 bridgehead atoms. The van der Waals surface area contributed by atoms with E-state index < -0.39 is 0 Å². The predicted molar refractivity (Wildman–Crippen MR) is 42.3 cm³/mol. The Balaban J connectivity index is 0. The SMILES string of the molecule is C/C=C/c1ccccc1.[H-].[Na+]. The molecule has 10 heavy (non-hydrogen) atoms. The fourth-order valence-electron chi connectivity index (χ4n) is 0.757. The van der Waals surface area contributed by atoms with Crippen LogP contribution in [0, 0.1) is 0 Å². The first-order chi connectivity index (χ1) is 4.43. The number of hydrogen-bond donors (Lipinski definition) is 0. The smallest absolute Gasteiger partial charge is 1.00 e. The van der Waals surface area contributed by atoms with Gasteiger partial charge < -0.3 is 1.43 Å². The molecular weight excluding hydrogens is 131 g/mol. The predicted octanol–water partition coefficient (Wildman–Crippen LogP) is -0.164. The van der Waals surface area contributed by atoms with E-state index in [0.29, 0.717) is 0 Å². The molecule has 0 unspecified atom stereocenters. The first-order valence-corrected chi connectivity index (χ1v) is 3.11. The van der Waals surface area contributed by atoms with Gasteiger partial charge in [0.25, 0.3) is 0 Å². The first kappa shape index (κ1) is 9.96. The van der Waals surface area contributed by atoms with Gasteiger partial charge in [0.05, 0.1) is 0 Å². The van der Waals surface area contributed by atoms with Gasteiger partial charge in [-0.3, -0.25) is 0 Å². The van der Waals surface area contributed by atoms with E-state index in [2.05, 4.69) is 18.2 Å². The minimum absolute atomic E-state index is 0. The van der Waals surface area contributed by atoms with Crippen LogP contribution in [0.3, 0.4) is 0 Å². The summed E-state index contributed by atoms with van der Waals surface area (Å²) >= 11 is 0. The summed E-state index contributed by atoms with van der Waals surface area (Å²) in [5, 5.41) is 0. The van der Waals surface area contributed by atoms with Gasteiger partial charge in [-0.05, 0) is 12.5 Å². The van der Waals surface area contributed by atoms with Crippen LogP contribution in [0.1, 0.15) is 13.9 Å². The van der Waals surface area contributed by atoms with E-state index in [0.717, 1.165) is 0 Å². The molecule has 1 aromatic carbocycles. The number of rotatable bonds is 1. The topological polar surface area (TPSA) is 0 Å². The molecule has 0 aliphatic heterocycles. The molecule has 0 aromatic heterocycles. The third-order valence-corrected chi connectivity index (χ3v) is 1.16. The zero-order valence-electron chi connectivity index (χ0n) is 7.54. The second-order valence-electron chi connectivity index (χ2n) is 1.91. The van der Waals surface area contributed by atoms with Crippen LogP contribution in [0.15, 0.2) is 36.4 Å². The Morgan fingerprint density at radius 1 is 1.20 bits per heavy atom. The van der Waals surface area contributed by atoms with Gasteiger partial charge >= 0.3 is 29.6 Å². The van der Waals surface area contributed by atoms with Gasteiger partial charge in [-0.1, -0.05) is 42.5 Å². The quantitative estimate of drug-likeness (QED) is 0.478. The summed E-state index contributed by atoms with van der Waals surface area (Å²) in [5.41, 5.74) is 1.26.